The van der Waals surface area contributed by atoms with Crippen LogP contribution in [0.15, 0.2) is 30.3 Å². The lowest BCUT2D eigenvalue weighted by Crippen LogP contribution is -2.51. The molecule has 1 aromatic rings. The second-order valence-corrected chi connectivity index (χ2v) is 6.67. The zero-order chi connectivity index (χ0) is 17.2. The predicted molar refractivity (Wildman–Crippen MR) is 90.3 cm³/mol. The van der Waals surface area contributed by atoms with Gasteiger partial charge in [-0.05, 0) is 25.3 Å². The van der Waals surface area contributed by atoms with E-state index in [-0.39, 0.29) is 18.0 Å². The molecule has 2 aliphatic heterocycles. The Morgan fingerprint density at radius 1 is 1.29 bits per heavy atom. The predicted octanol–water partition coefficient (Wildman–Crippen LogP) is 1.30. The fourth-order valence-electron chi connectivity index (χ4n) is 3.56. The molecule has 6 heteroatoms. The third-order valence-corrected chi connectivity index (χ3v) is 5.11. The molecule has 2 saturated heterocycles. The van der Waals surface area contributed by atoms with Crippen LogP contribution in [0.1, 0.15) is 31.7 Å². The zero-order valence-electron chi connectivity index (χ0n) is 14.1. The van der Waals surface area contributed by atoms with Gasteiger partial charge in [-0.25, -0.2) is 4.79 Å². The molecular weight excluding hydrogens is 306 g/mol. The zero-order valence-corrected chi connectivity index (χ0v) is 14.1. The Bertz CT molecular complexity index is 597. The molecule has 0 bridgehead atoms. The smallest absolute Gasteiger partial charge is 0.317 e. The average Bonchev–Trinajstić information content (AvgIpc) is 2.95. The highest BCUT2D eigenvalue weighted by molar-refractivity contribution is 5.81. The highest BCUT2D eigenvalue weighted by atomic mass is 16.3. The summed E-state index contributed by atoms with van der Waals surface area (Å²) in [7, 11) is 0. The lowest BCUT2D eigenvalue weighted by molar-refractivity contribution is -0.127. The molecule has 2 heterocycles. The van der Waals surface area contributed by atoms with E-state index in [1.807, 2.05) is 37.3 Å². The van der Waals surface area contributed by atoms with Crippen LogP contribution in [0.2, 0.25) is 0 Å². The van der Waals surface area contributed by atoms with E-state index in [9.17, 15) is 14.7 Å². The SMILES string of the molecule is CCN1C[C@@H](NC(=O)N2CCC(O)(c3ccccc3)CC2)CC1=O. The number of urea groups is 1. The standard InChI is InChI=1S/C18H25N3O3/c1-2-20-13-15(12-16(20)22)19-17(23)21-10-8-18(24,9-11-21)14-6-4-3-5-7-14/h3-7,15,24H,2,8-13H2,1H3,(H,19,23)/t15-/m0/s1. The van der Waals surface area contributed by atoms with Crippen LogP contribution >= 0.6 is 0 Å². The van der Waals surface area contributed by atoms with E-state index in [2.05, 4.69) is 5.32 Å². The van der Waals surface area contributed by atoms with Gasteiger partial charge >= 0.3 is 6.03 Å². The normalized spacial score (nSPS) is 23.4. The van der Waals surface area contributed by atoms with Gasteiger partial charge in [-0.3, -0.25) is 4.79 Å². The maximum absolute atomic E-state index is 12.4. The van der Waals surface area contributed by atoms with Crippen LogP contribution in [-0.2, 0) is 10.4 Å². The summed E-state index contributed by atoms with van der Waals surface area (Å²) < 4.78 is 0. The van der Waals surface area contributed by atoms with Crippen molar-refractivity contribution in [1.29, 1.82) is 0 Å². The van der Waals surface area contributed by atoms with Gasteiger partial charge in [-0.15, -0.1) is 0 Å². The number of hydrogen-bond donors (Lipinski definition) is 2. The van der Waals surface area contributed by atoms with Crippen LogP contribution in [0.25, 0.3) is 0 Å². The van der Waals surface area contributed by atoms with Crippen LogP contribution in [0.5, 0.6) is 0 Å². The number of likely N-dealkylation sites (tertiary alicyclic amines) is 2. The summed E-state index contributed by atoms with van der Waals surface area (Å²) >= 11 is 0. The molecule has 0 aromatic heterocycles. The van der Waals surface area contributed by atoms with Gasteiger partial charge in [0.1, 0.15) is 0 Å². The van der Waals surface area contributed by atoms with Crippen molar-refractivity contribution in [3.05, 3.63) is 35.9 Å². The number of likely N-dealkylation sites (N-methyl/N-ethyl adjacent to an activating group) is 1. The Kier molecular flexibility index (Phi) is 4.76. The minimum Gasteiger partial charge on any atom is -0.385 e. The summed E-state index contributed by atoms with van der Waals surface area (Å²) in [6.07, 6.45) is 1.42. The summed E-state index contributed by atoms with van der Waals surface area (Å²) in [4.78, 5) is 27.6. The molecule has 2 N–H and O–H groups in total. The fraction of sp³-hybridized carbons (Fsp3) is 0.556. The topological polar surface area (TPSA) is 72.9 Å². The first kappa shape index (κ1) is 16.8. The van der Waals surface area contributed by atoms with Crippen LogP contribution in [-0.4, -0.2) is 59.1 Å². The quantitative estimate of drug-likeness (QED) is 0.877. The Labute approximate surface area is 142 Å². The van der Waals surface area contributed by atoms with E-state index in [4.69, 9.17) is 0 Å². The van der Waals surface area contributed by atoms with Crippen molar-refractivity contribution < 1.29 is 14.7 Å². The van der Waals surface area contributed by atoms with Gasteiger partial charge in [-0.1, -0.05) is 30.3 Å². The molecule has 0 unspecified atom stereocenters. The summed E-state index contributed by atoms with van der Waals surface area (Å²) in [6.45, 7) is 4.23. The Hall–Kier alpha value is -2.08. The molecular formula is C18H25N3O3. The van der Waals surface area contributed by atoms with E-state index in [0.717, 1.165) is 5.56 Å². The van der Waals surface area contributed by atoms with E-state index >= 15 is 0 Å². The molecule has 1 aromatic carbocycles. The molecule has 24 heavy (non-hydrogen) atoms. The van der Waals surface area contributed by atoms with Crippen LogP contribution in [0, 0.1) is 0 Å². The van der Waals surface area contributed by atoms with Gasteiger partial charge in [0, 0.05) is 32.6 Å². The Morgan fingerprint density at radius 3 is 2.54 bits per heavy atom. The van der Waals surface area contributed by atoms with Crippen LogP contribution in [0.4, 0.5) is 4.79 Å². The third kappa shape index (κ3) is 3.38. The summed E-state index contributed by atoms with van der Waals surface area (Å²) in [5.41, 5.74) is 0.0467. The van der Waals surface area contributed by atoms with Crippen molar-refractivity contribution in [3.8, 4) is 0 Å². The molecule has 0 saturated carbocycles. The number of hydrogen-bond acceptors (Lipinski definition) is 3. The summed E-state index contributed by atoms with van der Waals surface area (Å²) in [5.74, 6) is 0.0971. The number of nitrogens with one attached hydrogen (secondary N) is 1. The van der Waals surface area contributed by atoms with Crippen LogP contribution < -0.4 is 5.32 Å². The number of carbonyl (C=O) groups is 2. The van der Waals surface area contributed by atoms with Crippen LogP contribution in [0.3, 0.4) is 0 Å². The maximum Gasteiger partial charge on any atom is 0.317 e. The molecule has 3 amide bonds. The van der Waals surface area contributed by atoms with Gasteiger partial charge in [0.15, 0.2) is 0 Å². The highest BCUT2D eigenvalue weighted by Crippen LogP contribution is 2.32. The van der Waals surface area contributed by atoms with Gasteiger partial charge < -0.3 is 20.2 Å². The number of rotatable bonds is 3. The molecule has 130 valence electrons. The lowest BCUT2D eigenvalue weighted by atomic mass is 9.84. The van der Waals surface area contributed by atoms with E-state index in [0.29, 0.717) is 45.4 Å². The molecule has 2 aliphatic rings. The first-order valence-corrected chi connectivity index (χ1v) is 8.63. The first-order chi connectivity index (χ1) is 11.5. The molecule has 0 aliphatic carbocycles. The van der Waals surface area contributed by atoms with E-state index in [1.54, 1.807) is 9.80 Å². The Balaban J connectivity index is 1.53. The van der Waals surface area contributed by atoms with Gasteiger partial charge in [0.05, 0.1) is 11.6 Å². The van der Waals surface area contributed by atoms with Crippen molar-refractivity contribution in [1.82, 2.24) is 15.1 Å². The molecule has 2 fully saturated rings. The lowest BCUT2D eigenvalue weighted by Gasteiger charge is -2.38. The second kappa shape index (κ2) is 6.81. The van der Waals surface area contributed by atoms with Crippen molar-refractivity contribution in [3.63, 3.8) is 0 Å². The maximum atomic E-state index is 12.4. The Morgan fingerprint density at radius 2 is 1.96 bits per heavy atom. The number of benzene rings is 1. The van der Waals surface area contributed by atoms with E-state index in [1.165, 1.54) is 0 Å². The van der Waals surface area contributed by atoms with Crippen molar-refractivity contribution >= 4 is 11.9 Å². The minimum atomic E-state index is -0.861. The molecule has 0 spiro atoms. The minimum absolute atomic E-state index is 0.0971. The molecule has 6 nitrogen and oxygen atoms in total. The summed E-state index contributed by atoms with van der Waals surface area (Å²) in [6, 6.07) is 9.38. The molecule has 0 radical (unpaired) electrons. The monoisotopic (exact) mass is 331 g/mol. The fourth-order valence-corrected chi connectivity index (χ4v) is 3.56. The van der Waals surface area contributed by atoms with E-state index < -0.39 is 5.60 Å². The largest absolute Gasteiger partial charge is 0.385 e. The van der Waals surface area contributed by atoms with Gasteiger partial charge in [-0.2, -0.15) is 0 Å². The average molecular weight is 331 g/mol. The summed E-state index contributed by atoms with van der Waals surface area (Å²) in [5, 5.41) is 13.8. The van der Waals surface area contributed by atoms with Crippen molar-refractivity contribution in [2.24, 2.45) is 0 Å². The van der Waals surface area contributed by atoms with Crippen molar-refractivity contribution in [2.75, 3.05) is 26.2 Å². The third-order valence-electron chi connectivity index (χ3n) is 5.11. The number of aliphatic hydroxyl groups is 1. The number of carbonyl (C=O) groups excluding carboxylic acids is 2. The highest BCUT2D eigenvalue weighted by Gasteiger charge is 2.36. The van der Waals surface area contributed by atoms with Gasteiger partial charge in [0.25, 0.3) is 0 Å². The number of piperidine rings is 1. The first-order valence-electron chi connectivity index (χ1n) is 8.63. The van der Waals surface area contributed by atoms with Crippen molar-refractivity contribution in [2.45, 2.75) is 37.8 Å². The number of nitrogens with zero attached hydrogens (tertiary/aromatic N) is 2. The second-order valence-electron chi connectivity index (χ2n) is 6.67. The molecule has 3 rings (SSSR count). The number of amides is 3. The molecule has 1 atom stereocenters. The van der Waals surface area contributed by atoms with Gasteiger partial charge in [0.2, 0.25) is 5.91 Å².